The lowest BCUT2D eigenvalue weighted by Gasteiger charge is -2.20. The van der Waals surface area contributed by atoms with E-state index in [1.807, 2.05) is 0 Å². The van der Waals surface area contributed by atoms with Crippen LogP contribution >= 0.6 is 0 Å². The van der Waals surface area contributed by atoms with Gasteiger partial charge in [0.1, 0.15) is 5.82 Å². The minimum atomic E-state index is -5.28. The lowest BCUT2D eigenvalue weighted by molar-refractivity contribution is 0.167. The second-order valence-corrected chi connectivity index (χ2v) is 4.30. The molecule has 18 heavy (non-hydrogen) atoms. The van der Waals surface area contributed by atoms with Crippen molar-refractivity contribution in [2.24, 2.45) is 5.92 Å². The SMILES string of the molecule is Fc1ccc(OCC2CCOC2)c([B-](F)(F)F)c1. The summed E-state index contributed by atoms with van der Waals surface area (Å²) >= 11 is 0. The molecule has 0 spiro atoms. The first-order valence-electron chi connectivity index (χ1n) is 5.67. The average molecular weight is 263 g/mol. The van der Waals surface area contributed by atoms with Crippen LogP contribution < -0.4 is 10.2 Å². The summed E-state index contributed by atoms with van der Waals surface area (Å²) in [6.45, 7) is -4.02. The minimum Gasteiger partial charge on any atom is -0.496 e. The zero-order valence-corrected chi connectivity index (χ0v) is 9.54. The van der Waals surface area contributed by atoms with E-state index in [-0.39, 0.29) is 18.3 Å². The van der Waals surface area contributed by atoms with Gasteiger partial charge in [0, 0.05) is 12.5 Å². The van der Waals surface area contributed by atoms with Crippen molar-refractivity contribution in [2.45, 2.75) is 6.42 Å². The van der Waals surface area contributed by atoms with Gasteiger partial charge in [0.05, 0.1) is 19.0 Å². The van der Waals surface area contributed by atoms with Crippen molar-refractivity contribution in [3.8, 4) is 5.75 Å². The van der Waals surface area contributed by atoms with Gasteiger partial charge < -0.3 is 22.4 Å². The molecule has 1 heterocycles. The third kappa shape index (κ3) is 3.16. The van der Waals surface area contributed by atoms with E-state index >= 15 is 0 Å². The van der Waals surface area contributed by atoms with Crippen molar-refractivity contribution in [3.63, 3.8) is 0 Å². The molecule has 100 valence electrons. The van der Waals surface area contributed by atoms with E-state index in [1.54, 1.807) is 0 Å². The summed E-state index contributed by atoms with van der Waals surface area (Å²) in [5, 5.41) is 0. The van der Waals surface area contributed by atoms with Crippen molar-refractivity contribution in [3.05, 3.63) is 24.0 Å². The number of hydrogen-bond donors (Lipinski definition) is 0. The van der Waals surface area contributed by atoms with Crippen LogP contribution in [0.3, 0.4) is 0 Å². The van der Waals surface area contributed by atoms with E-state index in [4.69, 9.17) is 9.47 Å². The zero-order valence-electron chi connectivity index (χ0n) is 9.54. The summed E-state index contributed by atoms with van der Waals surface area (Å²) in [4.78, 5) is 0. The maximum Gasteiger partial charge on any atom is 0.513 e. The molecule has 1 aliphatic heterocycles. The Morgan fingerprint density at radius 1 is 1.33 bits per heavy atom. The van der Waals surface area contributed by atoms with Gasteiger partial charge >= 0.3 is 6.98 Å². The minimum absolute atomic E-state index is 0.101. The van der Waals surface area contributed by atoms with Crippen LogP contribution in [-0.2, 0) is 4.74 Å². The summed E-state index contributed by atoms with van der Waals surface area (Å²) in [5.41, 5.74) is -1.02. The first-order valence-corrected chi connectivity index (χ1v) is 5.67. The van der Waals surface area contributed by atoms with Crippen molar-refractivity contribution in [1.29, 1.82) is 0 Å². The number of benzene rings is 1. The normalized spacial score (nSPS) is 20.1. The summed E-state index contributed by atoms with van der Waals surface area (Å²) in [5.74, 6) is -1.12. The molecule has 0 N–H and O–H groups in total. The van der Waals surface area contributed by atoms with Gasteiger partial charge in [-0.15, -0.1) is 0 Å². The van der Waals surface area contributed by atoms with Gasteiger partial charge in [-0.25, -0.2) is 4.39 Å². The van der Waals surface area contributed by atoms with Gasteiger partial charge in [-0.3, -0.25) is 0 Å². The maximum absolute atomic E-state index is 12.9. The largest absolute Gasteiger partial charge is 0.513 e. The van der Waals surface area contributed by atoms with Gasteiger partial charge in [-0.1, -0.05) is 5.46 Å². The van der Waals surface area contributed by atoms with Crippen LogP contribution in [0.5, 0.6) is 5.75 Å². The van der Waals surface area contributed by atoms with Crippen LogP contribution in [0.4, 0.5) is 17.3 Å². The summed E-state index contributed by atoms with van der Waals surface area (Å²) in [6, 6.07) is 2.46. The highest BCUT2D eigenvalue weighted by Crippen LogP contribution is 2.20. The quantitative estimate of drug-likeness (QED) is 0.613. The predicted molar refractivity (Wildman–Crippen MR) is 59.5 cm³/mol. The Morgan fingerprint density at radius 3 is 2.72 bits per heavy atom. The molecule has 1 aliphatic rings. The molecule has 1 saturated heterocycles. The number of rotatable bonds is 4. The van der Waals surface area contributed by atoms with E-state index in [2.05, 4.69) is 0 Å². The van der Waals surface area contributed by atoms with Gasteiger partial charge in [-0.2, -0.15) is 0 Å². The van der Waals surface area contributed by atoms with Crippen LogP contribution in [0, 0.1) is 11.7 Å². The smallest absolute Gasteiger partial charge is 0.496 e. The van der Waals surface area contributed by atoms with Gasteiger partial charge in [0.25, 0.3) is 0 Å². The third-order valence-corrected chi connectivity index (χ3v) is 2.82. The molecule has 2 rings (SSSR count). The second-order valence-electron chi connectivity index (χ2n) is 4.30. The molecule has 0 bridgehead atoms. The highest BCUT2D eigenvalue weighted by molar-refractivity contribution is 6.74. The Bertz CT molecular complexity index is 416. The molecule has 7 heteroatoms. The number of ether oxygens (including phenoxy) is 2. The van der Waals surface area contributed by atoms with Gasteiger partial charge in [0.15, 0.2) is 0 Å². The molecule has 1 fully saturated rings. The summed E-state index contributed by atoms with van der Waals surface area (Å²) in [7, 11) is 0. The fraction of sp³-hybridized carbons (Fsp3) is 0.455. The average Bonchev–Trinajstić information content (AvgIpc) is 2.79. The molecule has 1 unspecified atom stereocenters. The van der Waals surface area contributed by atoms with E-state index in [1.165, 1.54) is 0 Å². The van der Waals surface area contributed by atoms with Crippen molar-refractivity contribution >= 4 is 12.4 Å². The predicted octanol–water partition coefficient (Wildman–Crippen LogP) is 2.30. The highest BCUT2D eigenvalue weighted by Gasteiger charge is 2.30. The van der Waals surface area contributed by atoms with Crippen molar-refractivity contribution in [2.75, 3.05) is 19.8 Å². The Hall–Kier alpha value is -1.24. The third-order valence-electron chi connectivity index (χ3n) is 2.82. The van der Waals surface area contributed by atoms with Crippen molar-refractivity contribution < 1.29 is 26.8 Å². The Balaban J connectivity index is 2.11. The lowest BCUT2D eigenvalue weighted by Crippen LogP contribution is -2.36. The van der Waals surface area contributed by atoms with E-state index in [0.29, 0.717) is 19.3 Å². The fourth-order valence-corrected chi connectivity index (χ4v) is 1.83. The van der Waals surface area contributed by atoms with Gasteiger partial charge in [-0.05, 0) is 24.6 Å². The Morgan fingerprint density at radius 2 is 2.11 bits per heavy atom. The molecule has 1 aromatic rings. The Labute approximate surface area is 102 Å². The highest BCUT2D eigenvalue weighted by atomic mass is 19.4. The molecule has 0 aromatic heterocycles. The molecule has 0 saturated carbocycles. The van der Waals surface area contributed by atoms with E-state index in [9.17, 15) is 17.3 Å². The molecule has 0 radical (unpaired) electrons. The van der Waals surface area contributed by atoms with Crippen LogP contribution in [0.25, 0.3) is 0 Å². The topological polar surface area (TPSA) is 18.5 Å². The Kier molecular flexibility index (Phi) is 3.80. The van der Waals surface area contributed by atoms with Crippen LogP contribution in [0.2, 0.25) is 0 Å². The monoisotopic (exact) mass is 263 g/mol. The van der Waals surface area contributed by atoms with E-state index in [0.717, 1.165) is 18.6 Å². The van der Waals surface area contributed by atoms with E-state index < -0.39 is 18.3 Å². The number of hydrogen-bond acceptors (Lipinski definition) is 2. The first kappa shape index (κ1) is 13.2. The molecule has 2 nitrogen and oxygen atoms in total. The first-order chi connectivity index (χ1) is 8.47. The van der Waals surface area contributed by atoms with Crippen LogP contribution in [-0.4, -0.2) is 26.8 Å². The summed E-state index contributed by atoms with van der Waals surface area (Å²) < 4.78 is 61.3. The maximum atomic E-state index is 12.9. The fourth-order valence-electron chi connectivity index (χ4n) is 1.83. The van der Waals surface area contributed by atoms with Crippen LogP contribution in [0.1, 0.15) is 6.42 Å². The second kappa shape index (κ2) is 5.18. The molecule has 0 aliphatic carbocycles. The molecular weight excluding hydrogens is 251 g/mol. The van der Waals surface area contributed by atoms with Crippen LogP contribution in [0.15, 0.2) is 18.2 Å². The lowest BCUT2D eigenvalue weighted by atomic mass is 9.79. The molecule has 0 amide bonds. The zero-order chi connectivity index (χ0) is 13.2. The summed E-state index contributed by atoms with van der Waals surface area (Å²) in [6.07, 6.45) is 0.772. The van der Waals surface area contributed by atoms with Crippen molar-refractivity contribution in [1.82, 2.24) is 0 Å². The van der Waals surface area contributed by atoms with Gasteiger partial charge in [0.2, 0.25) is 0 Å². The standard InChI is InChI=1S/C11H12BF4O2/c13-9-1-2-11(10(5-9)12(14,15)16)18-7-8-3-4-17-6-8/h1-2,5,8H,3-4,6-7H2/q-1. The number of halogens is 4. The molecular formula is C11H12BF4O2-. The molecule has 1 atom stereocenters. The molecule has 1 aromatic carbocycles.